The van der Waals surface area contributed by atoms with Crippen LogP contribution in [0.25, 0.3) is 5.57 Å². The van der Waals surface area contributed by atoms with Gasteiger partial charge in [0.15, 0.2) is 11.5 Å². The van der Waals surface area contributed by atoms with E-state index in [1.165, 1.54) is 37.7 Å². The number of halogens is 1. The van der Waals surface area contributed by atoms with Crippen molar-refractivity contribution in [2.24, 2.45) is 0 Å². The standard InChI is InChI=1S/C25H32ClNO2/c1-18(20-11-13-24(28-2)25(17-20)29-3)22-12-10-21(19-8-5-4-6-9-19)16-23(22)27-15-7-14-26/h10-13,16-17,19,27H,1,4-9,14-15H2,2-3H3. The zero-order valence-corrected chi connectivity index (χ0v) is 18.4. The van der Waals surface area contributed by atoms with E-state index in [0.29, 0.717) is 17.5 Å². The molecule has 156 valence electrons. The summed E-state index contributed by atoms with van der Waals surface area (Å²) < 4.78 is 10.8. The van der Waals surface area contributed by atoms with Gasteiger partial charge in [0.2, 0.25) is 0 Å². The van der Waals surface area contributed by atoms with Crippen LogP contribution in [0.15, 0.2) is 43.0 Å². The first kappa shape index (κ1) is 21.6. The van der Waals surface area contributed by atoms with Crippen LogP contribution in [-0.2, 0) is 0 Å². The lowest BCUT2D eigenvalue weighted by atomic mass is 9.83. The minimum atomic E-state index is 0.654. The third-order valence-corrected chi connectivity index (χ3v) is 6.07. The largest absolute Gasteiger partial charge is 0.493 e. The van der Waals surface area contributed by atoms with Gasteiger partial charge in [-0.15, -0.1) is 11.6 Å². The van der Waals surface area contributed by atoms with Gasteiger partial charge < -0.3 is 14.8 Å². The summed E-state index contributed by atoms with van der Waals surface area (Å²) in [5.74, 6) is 2.75. The van der Waals surface area contributed by atoms with Crippen LogP contribution in [0.1, 0.15) is 61.1 Å². The molecule has 1 aliphatic rings. The Kier molecular flexibility index (Phi) is 7.88. The molecule has 0 aromatic heterocycles. The molecule has 0 heterocycles. The Hall–Kier alpha value is -2.13. The van der Waals surface area contributed by atoms with Crippen molar-refractivity contribution in [1.29, 1.82) is 0 Å². The van der Waals surface area contributed by atoms with Crippen LogP contribution in [0.2, 0.25) is 0 Å². The van der Waals surface area contributed by atoms with Crippen LogP contribution in [-0.4, -0.2) is 26.6 Å². The lowest BCUT2D eigenvalue weighted by Crippen LogP contribution is -2.08. The number of rotatable bonds is 9. The highest BCUT2D eigenvalue weighted by atomic mass is 35.5. The van der Waals surface area contributed by atoms with Crippen LogP contribution in [0.4, 0.5) is 5.69 Å². The minimum Gasteiger partial charge on any atom is -0.493 e. The Labute approximate surface area is 180 Å². The Bertz CT molecular complexity index is 828. The van der Waals surface area contributed by atoms with Crippen LogP contribution in [0.5, 0.6) is 11.5 Å². The van der Waals surface area contributed by atoms with Crippen molar-refractivity contribution in [1.82, 2.24) is 0 Å². The van der Waals surface area contributed by atoms with Crippen molar-refractivity contribution in [3.63, 3.8) is 0 Å². The monoisotopic (exact) mass is 413 g/mol. The molecule has 1 aliphatic carbocycles. The van der Waals surface area contributed by atoms with E-state index in [4.69, 9.17) is 21.1 Å². The topological polar surface area (TPSA) is 30.5 Å². The third-order valence-electron chi connectivity index (χ3n) is 5.80. The summed E-state index contributed by atoms with van der Waals surface area (Å²) in [5.41, 5.74) is 5.68. The van der Waals surface area contributed by atoms with E-state index in [9.17, 15) is 0 Å². The summed E-state index contributed by atoms with van der Waals surface area (Å²) in [6, 6.07) is 12.8. The maximum absolute atomic E-state index is 5.90. The number of methoxy groups -OCH3 is 2. The molecule has 0 spiro atoms. The summed E-state index contributed by atoms with van der Waals surface area (Å²) in [4.78, 5) is 0. The van der Waals surface area contributed by atoms with Crippen molar-refractivity contribution in [2.75, 3.05) is 32.0 Å². The van der Waals surface area contributed by atoms with E-state index in [1.54, 1.807) is 14.2 Å². The molecule has 4 heteroatoms. The predicted molar refractivity (Wildman–Crippen MR) is 124 cm³/mol. The van der Waals surface area contributed by atoms with Crippen LogP contribution in [0, 0.1) is 0 Å². The molecule has 29 heavy (non-hydrogen) atoms. The molecule has 1 N–H and O–H groups in total. The summed E-state index contributed by atoms with van der Waals surface area (Å²) in [6.45, 7) is 5.25. The molecule has 3 nitrogen and oxygen atoms in total. The summed E-state index contributed by atoms with van der Waals surface area (Å²) in [5, 5.41) is 3.59. The molecular weight excluding hydrogens is 382 g/mol. The highest BCUT2D eigenvalue weighted by Crippen LogP contribution is 2.38. The molecule has 2 aromatic rings. The van der Waals surface area contributed by atoms with Gasteiger partial charge in [-0.3, -0.25) is 0 Å². The number of hydrogen-bond acceptors (Lipinski definition) is 3. The van der Waals surface area contributed by atoms with E-state index < -0.39 is 0 Å². The molecule has 1 fully saturated rings. The predicted octanol–water partition coefficient (Wildman–Crippen LogP) is 6.85. The highest BCUT2D eigenvalue weighted by Gasteiger charge is 2.18. The first-order valence-electron chi connectivity index (χ1n) is 10.5. The molecule has 0 saturated heterocycles. The average Bonchev–Trinajstić information content (AvgIpc) is 2.78. The SMILES string of the molecule is C=C(c1ccc(OC)c(OC)c1)c1ccc(C2CCCCC2)cc1NCCCCl. The molecule has 1 saturated carbocycles. The second-order valence-electron chi connectivity index (χ2n) is 7.66. The normalized spacial score (nSPS) is 14.4. The highest BCUT2D eigenvalue weighted by molar-refractivity contribution is 6.17. The Balaban J connectivity index is 1.92. The van der Waals surface area contributed by atoms with Crippen molar-refractivity contribution in [2.45, 2.75) is 44.4 Å². The van der Waals surface area contributed by atoms with Gasteiger partial charge in [-0.05, 0) is 60.1 Å². The Morgan fingerprint density at radius 3 is 2.48 bits per heavy atom. The summed E-state index contributed by atoms with van der Waals surface area (Å²) >= 11 is 5.90. The summed E-state index contributed by atoms with van der Waals surface area (Å²) in [7, 11) is 3.30. The van der Waals surface area contributed by atoms with E-state index in [0.717, 1.165) is 41.1 Å². The third kappa shape index (κ3) is 5.27. The van der Waals surface area contributed by atoms with Crippen molar-refractivity contribution in [3.8, 4) is 11.5 Å². The van der Waals surface area contributed by atoms with Crippen molar-refractivity contribution in [3.05, 3.63) is 59.7 Å². The van der Waals surface area contributed by atoms with Gasteiger partial charge in [-0.1, -0.05) is 44.0 Å². The van der Waals surface area contributed by atoms with Crippen molar-refractivity contribution < 1.29 is 9.47 Å². The molecule has 0 amide bonds. The Morgan fingerprint density at radius 1 is 1.03 bits per heavy atom. The van der Waals surface area contributed by atoms with Gasteiger partial charge in [-0.25, -0.2) is 0 Å². The maximum Gasteiger partial charge on any atom is 0.161 e. The number of hydrogen-bond donors (Lipinski definition) is 1. The molecule has 0 bridgehead atoms. The second kappa shape index (κ2) is 10.6. The van der Waals surface area contributed by atoms with E-state index in [2.05, 4.69) is 30.1 Å². The summed E-state index contributed by atoms with van der Waals surface area (Å²) in [6.07, 6.45) is 7.54. The number of ether oxygens (including phenoxy) is 2. The van der Waals surface area contributed by atoms with E-state index >= 15 is 0 Å². The van der Waals surface area contributed by atoms with E-state index in [-0.39, 0.29) is 0 Å². The first-order chi connectivity index (χ1) is 14.2. The fourth-order valence-corrected chi connectivity index (χ4v) is 4.26. The minimum absolute atomic E-state index is 0.654. The smallest absolute Gasteiger partial charge is 0.161 e. The van der Waals surface area contributed by atoms with Gasteiger partial charge in [0.05, 0.1) is 14.2 Å². The van der Waals surface area contributed by atoms with Crippen molar-refractivity contribution >= 4 is 22.9 Å². The average molecular weight is 414 g/mol. The molecule has 0 radical (unpaired) electrons. The quantitative estimate of drug-likeness (QED) is 0.360. The Morgan fingerprint density at radius 2 is 1.79 bits per heavy atom. The molecule has 0 atom stereocenters. The van der Waals surface area contributed by atoms with Crippen LogP contribution >= 0.6 is 11.6 Å². The number of anilines is 1. The maximum atomic E-state index is 5.90. The van der Waals surface area contributed by atoms with Crippen LogP contribution < -0.4 is 14.8 Å². The van der Waals surface area contributed by atoms with Gasteiger partial charge >= 0.3 is 0 Å². The van der Waals surface area contributed by atoms with E-state index in [1.807, 2.05) is 18.2 Å². The van der Waals surface area contributed by atoms with Gasteiger partial charge in [0.1, 0.15) is 0 Å². The van der Waals surface area contributed by atoms with Crippen LogP contribution in [0.3, 0.4) is 0 Å². The lowest BCUT2D eigenvalue weighted by molar-refractivity contribution is 0.355. The number of nitrogens with one attached hydrogen (secondary N) is 1. The van der Waals surface area contributed by atoms with Gasteiger partial charge in [-0.2, -0.15) is 0 Å². The fourth-order valence-electron chi connectivity index (χ4n) is 4.13. The van der Waals surface area contributed by atoms with Gasteiger partial charge in [0.25, 0.3) is 0 Å². The molecule has 2 aromatic carbocycles. The molecule has 3 rings (SSSR count). The lowest BCUT2D eigenvalue weighted by Gasteiger charge is -2.24. The number of benzene rings is 2. The molecule has 0 aliphatic heterocycles. The number of alkyl halides is 1. The molecule has 0 unspecified atom stereocenters. The first-order valence-corrected chi connectivity index (χ1v) is 11.1. The zero-order valence-electron chi connectivity index (χ0n) is 17.6. The molecular formula is C25H32ClNO2. The second-order valence-corrected chi connectivity index (χ2v) is 8.04. The fraction of sp³-hybridized carbons (Fsp3) is 0.440. The van der Waals surface area contributed by atoms with Gasteiger partial charge in [0, 0.05) is 23.7 Å². The zero-order chi connectivity index (χ0) is 20.6.